The highest BCUT2D eigenvalue weighted by molar-refractivity contribution is 7.97. The summed E-state index contributed by atoms with van der Waals surface area (Å²) < 4.78 is 0. The molecular formula is C18H19NO3S. The first-order valence-corrected chi connectivity index (χ1v) is 9.24. The molecule has 2 heterocycles. The second kappa shape index (κ2) is 9.10. The predicted molar refractivity (Wildman–Crippen MR) is 90.5 cm³/mol. The molecule has 2 aromatic rings. The molecular weight excluding hydrogens is 310 g/mol. The van der Waals surface area contributed by atoms with Crippen molar-refractivity contribution in [3.8, 4) is 0 Å². The normalized spacial score (nSPS) is 13.9. The largest absolute Gasteiger partial charge is 0.545 e. The molecule has 1 aliphatic heterocycles. The molecule has 1 aromatic carbocycles. The highest BCUT2D eigenvalue weighted by atomic mass is 32.2. The van der Waals surface area contributed by atoms with E-state index in [0.717, 1.165) is 11.3 Å². The first-order valence-electron chi connectivity index (χ1n) is 7.50. The van der Waals surface area contributed by atoms with E-state index in [1.54, 1.807) is 6.07 Å². The summed E-state index contributed by atoms with van der Waals surface area (Å²) in [5.41, 5.74) is 0.990. The van der Waals surface area contributed by atoms with Gasteiger partial charge < -0.3 is 9.90 Å². The van der Waals surface area contributed by atoms with Crippen molar-refractivity contribution in [2.75, 3.05) is 17.3 Å². The second-order valence-corrected chi connectivity index (χ2v) is 7.52. The Kier molecular flexibility index (Phi) is 6.81. The zero-order valence-electron chi connectivity index (χ0n) is 12.8. The van der Waals surface area contributed by atoms with Gasteiger partial charge in [-0.05, 0) is 29.8 Å². The van der Waals surface area contributed by atoms with Crippen LogP contribution in [-0.2, 0) is 10.9 Å². The van der Waals surface area contributed by atoms with E-state index in [1.165, 1.54) is 42.8 Å². The van der Waals surface area contributed by atoms with Crippen LogP contribution in [0.4, 0.5) is 0 Å². The summed E-state index contributed by atoms with van der Waals surface area (Å²) in [5, 5.41) is 10.0. The number of nitrogens with zero attached hydrogens (tertiary/aromatic N) is 1. The topological polar surface area (TPSA) is 70.1 Å². The van der Waals surface area contributed by atoms with Crippen molar-refractivity contribution in [1.82, 2.24) is 4.98 Å². The van der Waals surface area contributed by atoms with E-state index < -0.39 is 5.97 Å². The number of carbonyl (C=O) groups excluding carboxylic acids is 2. The molecule has 0 radical (unpaired) electrons. The Morgan fingerprint density at radius 2 is 1.65 bits per heavy atom. The van der Waals surface area contributed by atoms with Gasteiger partial charge in [-0.3, -0.25) is 9.78 Å². The van der Waals surface area contributed by atoms with Crippen LogP contribution < -0.4 is 5.11 Å². The zero-order chi connectivity index (χ0) is 16.5. The number of carboxylic acid groups (broad SMARTS) is 1. The molecule has 0 aliphatic carbocycles. The summed E-state index contributed by atoms with van der Waals surface area (Å²) in [6.07, 6.45) is 5.40. The molecule has 5 heteroatoms. The minimum absolute atomic E-state index is 0.109. The van der Waals surface area contributed by atoms with Crippen molar-refractivity contribution < 1.29 is 14.7 Å². The van der Waals surface area contributed by atoms with Gasteiger partial charge >= 0.3 is 0 Å². The van der Waals surface area contributed by atoms with E-state index in [2.05, 4.69) is 4.98 Å². The maximum absolute atomic E-state index is 11.8. The fourth-order valence-corrected chi connectivity index (χ4v) is 4.49. The van der Waals surface area contributed by atoms with E-state index in [0.29, 0.717) is 16.7 Å². The van der Waals surface area contributed by atoms with Crippen LogP contribution >= 0.6 is 0 Å². The minimum Gasteiger partial charge on any atom is -0.545 e. The standard InChI is InChI=1S/C12H15OS.C6H5NO2/c13-12(10-14-8-4-5-9-14)11-6-2-1-3-7-11;8-6(9)5-2-1-3-7-4-5/h1-3,6-7H,4-5,8-10H2;1-4H,(H,8,9)/q+1;/p-1. The van der Waals surface area contributed by atoms with Crippen LogP contribution in [0.2, 0.25) is 0 Å². The lowest BCUT2D eigenvalue weighted by Gasteiger charge is -2.00. The Morgan fingerprint density at radius 1 is 1.00 bits per heavy atom. The van der Waals surface area contributed by atoms with E-state index in [-0.39, 0.29) is 5.56 Å². The SMILES string of the molecule is O=C(C[S+]1CCCC1)c1ccccc1.O=C([O-])c1cccnc1. The van der Waals surface area contributed by atoms with Gasteiger partial charge in [-0.2, -0.15) is 0 Å². The molecule has 0 atom stereocenters. The van der Waals surface area contributed by atoms with Gasteiger partial charge in [0.2, 0.25) is 5.78 Å². The van der Waals surface area contributed by atoms with Gasteiger partial charge in [0.15, 0.2) is 5.75 Å². The maximum atomic E-state index is 11.8. The summed E-state index contributed by atoms with van der Waals surface area (Å²) in [6, 6.07) is 12.6. The van der Waals surface area contributed by atoms with Crippen LogP contribution in [0.5, 0.6) is 0 Å². The number of aromatic nitrogens is 1. The molecule has 0 saturated carbocycles. The highest BCUT2D eigenvalue weighted by Gasteiger charge is 2.27. The molecule has 120 valence electrons. The van der Waals surface area contributed by atoms with Crippen molar-refractivity contribution in [2.24, 2.45) is 0 Å². The van der Waals surface area contributed by atoms with Crippen molar-refractivity contribution in [2.45, 2.75) is 12.8 Å². The number of carboxylic acids is 1. The number of rotatable bonds is 4. The number of carbonyl (C=O) groups is 2. The second-order valence-electron chi connectivity index (χ2n) is 5.19. The summed E-state index contributed by atoms with van der Waals surface area (Å²) in [7, 11) is 0.393. The third-order valence-corrected chi connectivity index (χ3v) is 5.85. The van der Waals surface area contributed by atoms with Gasteiger partial charge in [0.05, 0.1) is 5.97 Å². The van der Waals surface area contributed by atoms with Crippen LogP contribution in [0.3, 0.4) is 0 Å². The van der Waals surface area contributed by atoms with Gasteiger partial charge in [0.25, 0.3) is 0 Å². The number of hydrogen-bond donors (Lipinski definition) is 0. The summed E-state index contributed by atoms with van der Waals surface area (Å²) in [5.74, 6) is 2.47. The van der Waals surface area contributed by atoms with Gasteiger partial charge in [-0.1, -0.05) is 36.4 Å². The molecule has 0 bridgehead atoms. The fourth-order valence-electron chi connectivity index (χ4n) is 2.24. The van der Waals surface area contributed by atoms with Gasteiger partial charge in [0.1, 0.15) is 11.5 Å². The molecule has 0 amide bonds. The Morgan fingerprint density at radius 3 is 2.17 bits per heavy atom. The number of benzene rings is 1. The Hall–Kier alpha value is -2.14. The first-order chi connectivity index (χ1) is 11.2. The van der Waals surface area contributed by atoms with Crippen molar-refractivity contribution >= 4 is 22.6 Å². The minimum atomic E-state index is -1.19. The lowest BCUT2D eigenvalue weighted by Crippen LogP contribution is -2.22. The highest BCUT2D eigenvalue weighted by Crippen LogP contribution is 2.15. The van der Waals surface area contributed by atoms with Crippen molar-refractivity contribution in [1.29, 1.82) is 0 Å². The van der Waals surface area contributed by atoms with Crippen LogP contribution in [-0.4, -0.2) is 34.0 Å². The molecule has 0 unspecified atom stereocenters. The van der Waals surface area contributed by atoms with E-state index >= 15 is 0 Å². The molecule has 1 saturated heterocycles. The van der Waals surface area contributed by atoms with Crippen molar-refractivity contribution in [3.63, 3.8) is 0 Å². The van der Waals surface area contributed by atoms with Crippen LogP contribution in [0, 0.1) is 0 Å². The molecule has 0 spiro atoms. The summed E-state index contributed by atoms with van der Waals surface area (Å²) in [4.78, 5) is 25.4. The van der Waals surface area contributed by atoms with Crippen LogP contribution in [0.1, 0.15) is 33.6 Å². The fraction of sp³-hybridized carbons (Fsp3) is 0.278. The van der Waals surface area contributed by atoms with E-state index in [4.69, 9.17) is 0 Å². The Bertz CT molecular complexity index is 625. The maximum Gasteiger partial charge on any atom is 0.211 e. The van der Waals surface area contributed by atoms with E-state index in [1.807, 2.05) is 30.3 Å². The quantitative estimate of drug-likeness (QED) is 0.633. The third-order valence-electron chi connectivity index (χ3n) is 3.44. The van der Waals surface area contributed by atoms with Gasteiger partial charge in [0, 0.05) is 23.5 Å². The molecule has 0 N–H and O–H groups in total. The Balaban J connectivity index is 0.000000185. The number of Topliss-reactive ketones (excluding diaryl/α,β-unsaturated/α-hetero) is 1. The van der Waals surface area contributed by atoms with Crippen LogP contribution in [0.15, 0.2) is 54.9 Å². The van der Waals surface area contributed by atoms with Crippen LogP contribution in [0.25, 0.3) is 0 Å². The zero-order valence-corrected chi connectivity index (χ0v) is 13.6. The molecule has 4 nitrogen and oxygen atoms in total. The van der Waals surface area contributed by atoms with Crippen molar-refractivity contribution in [3.05, 3.63) is 66.0 Å². The lowest BCUT2D eigenvalue weighted by molar-refractivity contribution is -0.255. The molecule has 1 aliphatic rings. The summed E-state index contributed by atoms with van der Waals surface area (Å²) in [6.45, 7) is 0. The molecule has 1 fully saturated rings. The average Bonchev–Trinajstić information content (AvgIpc) is 3.10. The molecule has 1 aromatic heterocycles. The number of aromatic carboxylic acids is 1. The first kappa shape index (κ1) is 17.2. The lowest BCUT2D eigenvalue weighted by atomic mass is 10.2. The third kappa shape index (κ3) is 5.87. The predicted octanol–water partition coefficient (Wildman–Crippen LogP) is 1.73. The Labute approximate surface area is 138 Å². The van der Waals surface area contributed by atoms with E-state index in [9.17, 15) is 14.7 Å². The molecule has 23 heavy (non-hydrogen) atoms. The number of ketones is 1. The smallest absolute Gasteiger partial charge is 0.211 e. The van der Waals surface area contributed by atoms with Gasteiger partial charge in [-0.25, -0.2) is 0 Å². The van der Waals surface area contributed by atoms with Gasteiger partial charge in [-0.15, -0.1) is 0 Å². The average molecular weight is 329 g/mol. The monoisotopic (exact) mass is 329 g/mol. The number of hydrogen-bond acceptors (Lipinski definition) is 4. The molecule has 3 rings (SSSR count). The summed E-state index contributed by atoms with van der Waals surface area (Å²) >= 11 is 0. The number of pyridine rings is 1.